The molecule has 7 heteroatoms. The number of carbonyl (C=O) groups is 1. The Kier molecular flexibility index (Phi) is 3.40. The number of benzene rings is 1. The summed E-state index contributed by atoms with van der Waals surface area (Å²) in [6, 6.07) is 3.81. The molecule has 0 aliphatic heterocycles. The molecule has 0 saturated carbocycles. The van der Waals surface area contributed by atoms with E-state index in [9.17, 15) is 20.0 Å². The number of aliphatic hydroxyl groups is 1. The highest BCUT2D eigenvalue weighted by molar-refractivity contribution is 5.76. The van der Waals surface area contributed by atoms with E-state index in [1.165, 1.54) is 6.92 Å². The number of hydrogen-bond acceptors (Lipinski definition) is 5. The Morgan fingerprint density at radius 1 is 1.59 bits per heavy atom. The van der Waals surface area contributed by atoms with E-state index < -0.39 is 17.0 Å². The summed E-state index contributed by atoms with van der Waals surface area (Å²) in [6.45, 7) is 1.33. The van der Waals surface area contributed by atoms with E-state index in [2.05, 4.69) is 0 Å². The molecule has 0 amide bonds. The molecular formula is C10H8N2O5. The summed E-state index contributed by atoms with van der Waals surface area (Å²) in [5.74, 6) is -1.52. The van der Waals surface area contributed by atoms with Crippen LogP contribution in [0.25, 0.3) is 0 Å². The lowest BCUT2D eigenvalue weighted by atomic mass is 9.97. The van der Waals surface area contributed by atoms with Gasteiger partial charge in [-0.05, 0) is 13.0 Å². The van der Waals surface area contributed by atoms with Gasteiger partial charge in [0.05, 0.1) is 10.5 Å². The van der Waals surface area contributed by atoms with Crippen LogP contribution in [-0.2, 0) is 4.79 Å². The van der Waals surface area contributed by atoms with Crippen LogP contribution in [0.2, 0.25) is 0 Å². The Morgan fingerprint density at radius 2 is 2.18 bits per heavy atom. The van der Waals surface area contributed by atoms with Crippen molar-refractivity contribution >= 4 is 11.7 Å². The maximum absolute atomic E-state index is 10.6. The average Bonchev–Trinajstić information content (AvgIpc) is 2.26. The number of aliphatic hydroxyl groups excluding tert-OH is 1. The Bertz CT molecular complexity index is 532. The van der Waals surface area contributed by atoms with Gasteiger partial charge >= 0.3 is 5.97 Å². The van der Waals surface area contributed by atoms with Crippen molar-refractivity contribution in [1.29, 1.82) is 5.26 Å². The zero-order valence-electron chi connectivity index (χ0n) is 8.75. The summed E-state index contributed by atoms with van der Waals surface area (Å²) in [5, 5.41) is 37.5. The Labute approximate surface area is 95.7 Å². The molecule has 0 fully saturated rings. The van der Waals surface area contributed by atoms with Crippen LogP contribution in [0.1, 0.15) is 22.8 Å². The lowest BCUT2D eigenvalue weighted by Gasteiger charge is -2.09. The smallest absolute Gasteiger partial charge is 0.337 e. The van der Waals surface area contributed by atoms with Gasteiger partial charge in [0.25, 0.3) is 5.69 Å². The third-order valence-electron chi connectivity index (χ3n) is 2.31. The number of nitro groups is 1. The number of nitrogens with zero attached hydrogens (tertiary/aromatic N) is 2. The van der Waals surface area contributed by atoms with Crippen molar-refractivity contribution in [3.63, 3.8) is 0 Å². The SMILES string of the molecule is Cc1c([N+](=O)[O-])ccc(C(O)C(=O)O)c1C#N. The summed E-state index contributed by atoms with van der Waals surface area (Å²) in [6.07, 6.45) is -1.87. The summed E-state index contributed by atoms with van der Waals surface area (Å²) >= 11 is 0. The van der Waals surface area contributed by atoms with Gasteiger partial charge in [-0.1, -0.05) is 0 Å². The molecule has 0 aromatic heterocycles. The number of carboxylic acids is 1. The van der Waals surface area contributed by atoms with Crippen molar-refractivity contribution in [2.24, 2.45) is 0 Å². The minimum absolute atomic E-state index is 0.0373. The molecule has 0 radical (unpaired) electrons. The number of nitro benzene ring substituents is 1. The van der Waals surface area contributed by atoms with Crippen molar-refractivity contribution in [3.05, 3.63) is 38.9 Å². The Hall–Kier alpha value is -2.46. The molecule has 0 aliphatic rings. The van der Waals surface area contributed by atoms with Crippen molar-refractivity contribution in [3.8, 4) is 6.07 Å². The summed E-state index contributed by atoms with van der Waals surface area (Å²) in [5.41, 5.74) is -0.588. The highest BCUT2D eigenvalue weighted by atomic mass is 16.6. The van der Waals surface area contributed by atoms with Crippen LogP contribution in [0.3, 0.4) is 0 Å². The molecule has 1 unspecified atom stereocenters. The fourth-order valence-corrected chi connectivity index (χ4v) is 1.43. The second kappa shape index (κ2) is 4.59. The quantitative estimate of drug-likeness (QED) is 0.593. The number of carboxylic acid groups (broad SMARTS) is 1. The van der Waals surface area contributed by atoms with E-state index in [4.69, 9.17) is 10.4 Å². The molecule has 1 aromatic rings. The van der Waals surface area contributed by atoms with Crippen LogP contribution in [0, 0.1) is 28.4 Å². The summed E-state index contributed by atoms with van der Waals surface area (Å²) < 4.78 is 0. The minimum atomic E-state index is -1.87. The zero-order chi connectivity index (χ0) is 13.2. The Balaban J connectivity index is 3.47. The molecule has 1 atom stereocenters. The third-order valence-corrected chi connectivity index (χ3v) is 2.31. The normalized spacial score (nSPS) is 11.6. The van der Waals surface area contributed by atoms with Crippen LogP contribution < -0.4 is 0 Å². The molecule has 0 heterocycles. The van der Waals surface area contributed by atoms with Gasteiger partial charge in [-0.3, -0.25) is 10.1 Å². The number of aliphatic carboxylic acids is 1. The van der Waals surface area contributed by atoms with Gasteiger partial charge in [0, 0.05) is 17.2 Å². The lowest BCUT2D eigenvalue weighted by molar-refractivity contribution is -0.385. The molecule has 0 aliphatic carbocycles. The van der Waals surface area contributed by atoms with E-state index in [-0.39, 0.29) is 22.4 Å². The van der Waals surface area contributed by atoms with E-state index in [1.807, 2.05) is 0 Å². The first-order valence-electron chi connectivity index (χ1n) is 4.49. The van der Waals surface area contributed by atoms with Gasteiger partial charge in [-0.25, -0.2) is 4.79 Å². The largest absolute Gasteiger partial charge is 0.479 e. The van der Waals surface area contributed by atoms with Crippen LogP contribution in [0.5, 0.6) is 0 Å². The molecule has 88 valence electrons. The predicted octanol–water partition coefficient (Wildman–Crippen LogP) is 0.893. The molecule has 0 saturated heterocycles. The number of nitriles is 1. The highest BCUT2D eigenvalue weighted by Gasteiger charge is 2.24. The number of rotatable bonds is 3. The molecular weight excluding hydrogens is 228 g/mol. The third kappa shape index (κ3) is 2.21. The molecule has 17 heavy (non-hydrogen) atoms. The van der Waals surface area contributed by atoms with Gasteiger partial charge in [0.2, 0.25) is 0 Å². The lowest BCUT2D eigenvalue weighted by Crippen LogP contribution is -2.13. The summed E-state index contributed by atoms with van der Waals surface area (Å²) in [7, 11) is 0. The fraction of sp³-hybridized carbons (Fsp3) is 0.200. The molecule has 0 bridgehead atoms. The zero-order valence-corrected chi connectivity index (χ0v) is 8.75. The first-order valence-corrected chi connectivity index (χ1v) is 4.49. The molecule has 7 nitrogen and oxygen atoms in total. The van der Waals surface area contributed by atoms with Crippen molar-refractivity contribution < 1.29 is 19.9 Å². The average molecular weight is 236 g/mol. The molecule has 2 N–H and O–H groups in total. The van der Waals surface area contributed by atoms with E-state index >= 15 is 0 Å². The van der Waals surface area contributed by atoms with Crippen molar-refractivity contribution in [1.82, 2.24) is 0 Å². The van der Waals surface area contributed by atoms with Crippen LogP contribution in [0.4, 0.5) is 5.69 Å². The second-order valence-electron chi connectivity index (χ2n) is 3.28. The van der Waals surface area contributed by atoms with Crippen LogP contribution in [0.15, 0.2) is 12.1 Å². The second-order valence-corrected chi connectivity index (χ2v) is 3.28. The monoisotopic (exact) mass is 236 g/mol. The van der Waals surface area contributed by atoms with Gasteiger partial charge in [0.15, 0.2) is 6.10 Å². The molecule has 0 spiro atoms. The van der Waals surface area contributed by atoms with Gasteiger partial charge in [-0.2, -0.15) is 5.26 Å². The molecule has 1 aromatic carbocycles. The van der Waals surface area contributed by atoms with E-state index in [0.29, 0.717) is 0 Å². The first kappa shape index (κ1) is 12.6. The van der Waals surface area contributed by atoms with Gasteiger partial charge < -0.3 is 10.2 Å². The van der Waals surface area contributed by atoms with E-state index in [1.54, 1.807) is 6.07 Å². The standard InChI is InChI=1S/C10H8N2O5/c1-5-7(4-11)6(9(13)10(14)15)2-3-8(5)12(16)17/h2-3,9,13H,1H3,(H,14,15). The topological polar surface area (TPSA) is 124 Å². The van der Waals surface area contributed by atoms with Crippen molar-refractivity contribution in [2.75, 3.05) is 0 Å². The van der Waals surface area contributed by atoms with Crippen LogP contribution in [-0.4, -0.2) is 21.1 Å². The van der Waals surface area contributed by atoms with Gasteiger partial charge in [-0.15, -0.1) is 0 Å². The number of hydrogen-bond donors (Lipinski definition) is 2. The van der Waals surface area contributed by atoms with Crippen molar-refractivity contribution in [2.45, 2.75) is 13.0 Å². The highest BCUT2D eigenvalue weighted by Crippen LogP contribution is 2.27. The maximum Gasteiger partial charge on any atom is 0.337 e. The predicted molar refractivity (Wildman–Crippen MR) is 55.1 cm³/mol. The summed E-state index contributed by atoms with van der Waals surface area (Å²) in [4.78, 5) is 20.6. The maximum atomic E-state index is 10.6. The molecule has 1 rings (SSSR count). The Morgan fingerprint density at radius 3 is 2.59 bits per heavy atom. The fourth-order valence-electron chi connectivity index (χ4n) is 1.43. The van der Waals surface area contributed by atoms with Crippen LogP contribution >= 0.6 is 0 Å². The van der Waals surface area contributed by atoms with E-state index in [0.717, 1.165) is 12.1 Å². The minimum Gasteiger partial charge on any atom is -0.479 e. The van der Waals surface area contributed by atoms with Gasteiger partial charge in [0.1, 0.15) is 6.07 Å². The first-order chi connectivity index (χ1) is 7.90.